The van der Waals surface area contributed by atoms with Gasteiger partial charge < -0.3 is 35.8 Å². The highest BCUT2D eigenvalue weighted by atomic mass is 16.5. The predicted octanol–water partition coefficient (Wildman–Crippen LogP) is 4.53. The number of morpholine rings is 1. The van der Waals surface area contributed by atoms with Crippen molar-refractivity contribution in [1.29, 1.82) is 0 Å². The van der Waals surface area contributed by atoms with Gasteiger partial charge in [-0.25, -0.2) is 0 Å². The molecule has 1 atom stereocenters. The second-order valence-corrected chi connectivity index (χ2v) is 10.5. The summed E-state index contributed by atoms with van der Waals surface area (Å²) in [7, 11) is 0. The van der Waals surface area contributed by atoms with E-state index >= 15 is 0 Å². The lowest BCUT2D eigenvalue weighted by Crippen LogP contribution is -2.40. The Hall–Kier alpha value is -3.56. The molecule has 0 radical (unpaired) electrons. The number of nitrogens with zero attached hydrogens (tertiary/aromatic N) is 4. The topological polar surface area (TPSA) is 89.6 Å². The smallest absolute Gasteiger partial charge is 0.231 e. The van der Waals surface area contributed by atoms with Gasteiger partial charge in [0.05, 0.1) is 19.9 Å². The molecule has 6 rings (SSSR count). The predicted molar refractivity (Wildman–Crippen MR) is 155 cm³/mol. The summed E-state index contributed by atoms with van der Waals surface area (Å²) in [6.07, 6.45) is 2.19. The molecule has 2 aromatic carbocycles. The van der Waals surface area contributed by atoms with Crippen LogP contribution < -0.4 is 26.2 Å². The first-order valence-electron chi connectivity index (χ1n) is 13.8. The quantitative estimate of drug-likeness (QED) is 0.346. The van der Waals surface area contributed by atoms with E-state index < -0.39 is 0 Å². The van der Waals surface area contributed by atoms with Gasteiger partial charge in [-0.3, -0.25) is 0 Å². The average molecular weight is 515 g/mol. The molecular weight excluding hydrogens is 476 g/mol. The first kappa shape index (κ1) is 24.8. The summed E-state index contributed by atoms with van der Waals surface area (Å²) >= 11 is 0. The van der Waals surface area contributed by atoms with Crippen molar-refractivity contribution in [2.45, 2.75) is 31.7 Å². The molecule has 200 valence electrons. The van der Waals surface area contributed by atoms with Crippen LogP contribution in [-0.4, -0.2) is 73.5 Å². The fourth-order valence-corrected chi connectivity index (χ4v) is 5.57. The van der Waals surface area contributed by atoms with Crippen molar-refractivity contribution < 1.29 is 4.74 Å². The van der Waals surface area contributed by atoms with Crippen LogP contribution >= 0.6 is 0 Å². The lowest BCUT2D eigenvalue weighted by Gasteiger charge is -2.34. The van der Waals surface area contributed by atoms with Gasteiger partial charge in [-0.1, -0.05) is 37.3 Å². The molecule has 0 bridgehead atoms. The molecule has 38 heavy (non-hydrogen) atoms. The highest BCUT2D eigenvalue weighted by Gasteiger charge is 2.25. The average Bonchev–Trinajstić information content (AvgIpc) is 3.45. The van der Waals surface area contributed by atoms with Gasteiger partial charge in [0.15, 0.2) is 11.6 Å². The summed E-state index contributed by atoms with van der Waals surface area (Å²) in [5, 5.41) is 13.9. The van der Waals surface area contributed by atoms with E-state index in [1.165, 1.54) is 11.3 Å². The summed E-state index contributed by atoms with van der Waals surface area (Å²) in [6.45, 7) is 9.70. The van der Waals surface area contributed by atoms with Crippen molar-refractivity contribution in [2.75, 3.05) is 78.8 Å². The molecule has 0 aliphatic carbocycles. The minimum atomic E-state index is 0.389. The summed E-state index contributed by atoms with van der Waals surface area (Å²) in [6, 6.07) is 19.7. The van der Waals surface area contributed by atoms with E-state index in [4.69, 9.17) is 14.7 Å². The molecule has 0 spiro atoms. The number of fused-ring (bicyclic) bond motifs is 1. The number of piperidine rings is 1. The second-order valence-electron chi connectivity index (χ2n) is 10.5. The Bertz CT molecular complexity index is 1190. The van der Waals surface area contributed by atoms with Crippen LogP contribution in [0, 0.1) is 0 Å². The van der Waals surface area contributed by atoms with Gasteiger partial charge in [0.2, 0.25) is 5.95 Å². The minimum Gasteiger partial charge on any atom is -0.378 e. The number of benzene rings is 2. The molecule has 3 aromatic rings. The Labute approximate surface area is 225 Å². The monoisotopic (exact) mass is 514 g/mol. The van der Waals surface area contributed by atoms with Crippen LogP contribution in [0.5, 0.6) is 0 Å². The fraction of sp³-hybridized carbons (Fsp3) is 0.448. The molecule has 3 aliphatic heterocycles. The van der Waals surface area contributed by atoms with E-state index in [0.29, 0.717) is 24.6 Å². The van der Waals surface area contributed by atoms with Crippen molar-refractivity contribution >= 4 is 34.6 Å². The van der Waals surface area contributed by atoms with Gasteiger partial charge in [-0.2, -0.15) is 9.97 Å². The Kier molecular flexibility index (Phi) is 7.46. The zero-order chi connectivity index (χ0) is 25.7. The molecular formula is C29H38N8O. The highest BCUT2D eigenvalue weighted by molar-refractivity contribution is 5.82. The number of anilines is 6. The van der Waals surface area contributed by atoms with E-state index in [0.717, 1.165) is 81.8 Å². The van der Waals surface area contributed by atoms with Crippen molar-refractivity contribution in [3.05, 3.63) is 60.2 Å². The van der Waals surface area contributed by atoms with Gasteiger partial charge in [-0.05, 0) is 48.6 Å². The lowest BCUT2D eigenvalue weighted by atomic mass is 9.98. The number of rotatable bonds is 8. The number of likely N-dealkylation sites (tertiary alicyclic amines) is 1. The third-order valence-corrected chi connectivity index (χ3v) is 7.76. The number of aromatic nitrogens is 2. The maximum Gasteiger partial charge on any atom is 0.231 e. The molecule has 1 aromatic heterocycles. The maximum atomic E-state index is 5.47. The normalized spacial score (nSPS) is 18.8. The zero-order valence-electron chi connectivity index (χ0n) is 22.1. The van der Waals surface area contributed by atoms with Gasteiger partial charge in [0.1, 0.15) is 5.69 Å². The van der Waals surface area contributed by atoms with Gasteiger partial charge >= 0.3 is 0 Å². The van der Waals surface area contributed by atoms with Crippen LogP contribution in [0.15, 0.2) is 54.6 Å². The Morgan fingerprint density at radius 1 is 0.947 bits per heavy atom. The van der Waals surface area contributed by atoms with Crippen LogP contribution in [0.25, 0.3) is 0 Å². The molecule has 2 fully saturated rings. The Morgan fingerprint density at radius 3 is 2.47 bits per heavy atom. The molecule has 2 saturated heterocycles. The first-order chi connectivity index (χ1) is 18.7. The SMILES string of the molecule is CC(CN1CCC(Nc2nc(Nc3ccc(N4CCOCC4)cc3)nc3c2NCN3)CC1)c1ccccc1. The molecule has 9 heteroatoms. The lowest BCUT2D eigenvalue weighted by molar-refractivity contribution is 0.122. The van der Waals surface area contributed by atoms with Crippen LogP contribution in [0.1, 0.15) is 31.2 Å². The molecule has 4 N–H and O–H groups in total. The van der Waals surface area contributed by atoms with Gasteiger partial charge in [0, 0.05) is 50.1 Å². The molecule has 9 nitrogen and oxygen atoms in total. The summed E-state index contributed by atoms with van der Waals surface area (Å²) in [4.78, 5) is 14.5. The Balaban J connectivity index is 1.07. The van der Waals surface area contributed by atoms with Crippen LogP contribution in [0.2, 0.25) is 0 Å². The maximum absolute atomic E-state index is 5.47. The number of nitrogens with one attached hydrogen (secondary N) is 4. The third kappa shape index (κ3) is 5.79. The van der Waals surface area contributed by atoms with E-state index in [-0.39, 0.29) is 0 Å². The van der Waals surface area contributed by atoms with Crippen LogP contribution in [0.4, 0.5) is 34.6 Å². The number of ether oxygens (including phenoxy) is 1. The van der Waals surface area contributed by atoms with Crippen LogP contribution in [0.3, 0.4) is 0 Å². The largest absolute Gasteiger partial charge is 0.378 e. The second kappa shape index (κ2) is 11.4. The fourth-order valence-electron chi connectivity index (χ4n) is 5.57. The summed E-state index contributed by atoms with van der Waals surface area (Å²) < 4.78 is 5.47. The molecule has 1 unspecified atom stereocenters. The summed E-state index contributed by atoms with van der Waals surface area (Å²) in [5.41, 5.74) is 4.56. The Morgan fingerprint density at radius 2 is 1.71 bits per heavy atom. The zero-order valence-corrected chi connectivity index (χ0v) is 22.1. The van der Waals surface area contributed by atoms with E-state index in [9.17, 15) is 0 Å². The van der Waals surface area contributed by atoms with Crippen molar-refractivity contribution in [3.63, 3.8) is 0 Å². The molecule has 0 saturated carbocycles. The third-order valence-electron chi connectivity index (χ3n) is 7.76. The van der Waals surface area contributed by atoms with Gasteiger partial charge in [-0.15, -0.1) is 0 Å². The van der Waals surface area contributed by atoms with Gasteiger partial charge in [0.25, 0.3) is 0 Å². The number of hydrogen-bond donors (Lipinski definition) is 4. The van der Waals surface area contributed by atoms with E-state index in [1.54, 1.807) is 0 Å². The standard InChI is InChI=1S/C29H38N8O/c1-21(22-5-3-2-4-6-22)19-36-13-11-24(12-14-36)32-28-26-27(31-20-30-26)34-29(35-28)33-23-7-9-25(10-8-23)37-15-17-38-18-16-37/h2-10,21,24,30H,11-20H2,1H3,(H3,31,32,33,34,35). The molecule has 3 aliphatic rings. The van der Waals surface area contributed by atoms with Crippen molar-refractivity contribution in [2.24, 2.45) is 0 Å². The number of hydrogen-bond acceptors (Lipinski definition) is 9. The van der Waals surface area contributed by atoms with E-state index in [1.807, 2.05) is 0 Å². The highest BCUT2D eigenvalue weighted by Crippen LogP contribution is 2.34. The van der Waals surface area contributed by atoms with E-state index in [2.05, 4.69) is 92.6 Å². The first-order valence-corrected chi connectivity index (χ1v) is 13.8. The van der Waals surface area contributed by atoms with Crippen molar-refractivity contribution in [1.82, 2.24) is 14.9 Å². The summed E-state index contributed by atoms with van der Waals surface area (Å²) in [5.74, 6) is 2.83. The van der Waals surface area contributed by atoms with Crippen molar-refractivity contribution in [3.8, 4) is 0 Å². The van der Waals surface area contributed by atoms with Crippen LogP contribution in [-0.2, 0) is 4.74 Å². The molecule has 0 amide bonds. The minimum absolute atomic E-state index is 0.389. The molecule has 4 heterocycles.